The largest absolute Gasteiger partial charge is 0.465 e. The van der Waals surface area contributed by atoms with Gasteiger partial charge >= 0.3 is 5.97 Å². The number of ketones is 1. The third kappa shape index (κ3) is 3.38. The monoisotopic (exact) mass is 284 g/mol. The average molecular weight is 284 g/mol. The van der Waals surface area contributed by atoms with Gasteiger partial charge in [-0.1, -0.05) is 0 Å². The van der Waals surface area contributed by atoms with Crippen molar-refractivity contribution in [2.45, 2.75) is 51.6 Å². The van der Waals surface area contributed by atoms with Crippen molar-refractivity contribution in [2.75, 3.05) is 26.4 Å². The van der Waals surface area contributed by atoms with Crippen LogP contribution in [0.15, 0.2) is 0 Å². The van der Waals surface area contributed by atoms with Crippen molar-refractivity contribution in [1.82, 2.24) is 0 Å². The van der Waals surface area contributed by atoms with E-state index in [1.807, 2.05) is 0 Å². The van der Waals surface area contributed by atoms with E-state index in [4.69, 9.17) is 14.2 Å². The van der Waals surface area contributed by atoms with Gasteiger partial charge in [0.05, 0.1) is 25.9 Å². The second-order valence-corrected chi connectivity index (χ2v) is 5.56. The Morgan fingerprint density at radius 2 is 2.30 bits per heavy atom. The third-order valence-corrected chi connectivity index (χ3v) is 4.18. The molecule has 114 valence electrons. The van der Waals surface area contributed by atoms with E-state index in [1.165, 1.54) is 0 Å². The molecule has 0 aromatic carbocycles. The summed E-state index contributed by atoms with van der Waals surface area (Å²) in [6, 6.07) is 0. The van der Waals surface area contributed by atoms with E-state index in [0.717, 1.165) is 32.3 Å². The SMILES string of the molecule is CCOC(=O)C1(CCCC2CCCO2)COCCC1=O. The molecule has 2 atom stereocenters. The Morgan fingerprint density at radius 1 is 1.45 bits per heavy atom. The highest BCUT2D eigenvalue weighted by atomic mass is 16.5. The fourth-order valence-electron chi connectivity index (χ4n) is 2.99. The Bertz CT molecular complexity index is 348. The van der Waals surface area contributed by atoms with Crippen LogP contribution in [0.2, 0.25) is 0 Å². The minimum Gasteiger partial charge on any atom is -0.465 e. The summed E-state index contributed by atoms with van der Waals surface area (Å²) in [7, 11) is 0. The molecule has 0 aromatic rings. The molecule has 2 aliphatic rings. The molecular formula is C15H24O5. The van der Waals surface area contributed by atoms with Gasteiger partial charge < -0.3 is 14.2 Å². The Labute approximate surface area is 120 Å². The van der Waals surface area contributed by atoms with Gasteiger partial charge in [-0.25, -0.2) is 0 Å². The van der Waals surface area contributed by atoms with E-state index < -0.39 is 11.4 Å². The molecule has 0 radical (unpaired) electrons. The molecular weight excluding hydrogens is 260 g/mol. The molecule has 2 rings (SSSR count). The first-order valence-corrected chi connectivity index (χ1v) is 7.59. The lowest BCUT2D eigenvalue weighted by atomic mass is 9.76. The zero-order valence-corrected chi connectivity index (χ0v) is 12.2. The molecule has 5 nitrogen and oxygen atoms in total. The van der Waals surface area contributed by atoms with Gasteiger partial charge in [0, 0.05) is 13.0 Å². The maximum atomic E-state index is 12.2. The smallest absolute Gasteiger partial charge is 0.322 e. The maximum Gasteiger partial charge on any atom is 0.322 e. The Hall–Kier alpha value is -0.940. The van der Waals surface area contributed by atoms with Gasteiger partial charge in [-0.3, -0.25) is 9.59 Å². The lowest BCUT2D eigenvalue weighted by Gasteiger charge is -2.33. The van der Waals surface area contributed by atoms with E-state index in [9.17, 15) is 9.59 Å². The first-order chi connectivity index (χ1) is 9.69. The van der Waals surface area contributed by atoms with Crippen molar-refractivity contribution in [3.05, 3.63) is 0 Å². The summed E-state index contributed by atoms with van der Waals surface area (Å²) in [5.41, 5.74) is -1.08. The summed E-state index contributed by atoms with van der Waals surface area (Å²) >= 11 is 0. The molecule has 2 heterocycles. The van der Waals surface area contributed by atoms with E-state index in [0.29, 0.717) is 26.1 Å². The number of ether oxygens (including phenoxy) is 3. The number of hydrogen-bond donors (Lipinski definition) is 0. The van der Waals surface area contributed by atoms with Crippen molar-refractivity contribution in [3.63, 3.8) is 0 Å². The van der Waals surface area contributed by atoms with Gasteiger partial charge in [0.15, 0.2) is 5.78 Å². The lowest BCUT2D eigenvalue weighted by molar-refractivity contribution is -0.170. The summed E-state index contributed by atoms with van der Waals surface area (Å²) in [5, 5.41) is 0. The van der Waals surface area contributed by atoms with Crippen LogP contribution in [0.1, 0.15) is 45.4 Å². The van der Waals surface area contributed by atoms with Crippen molar-refractivity contribution >= 4 is 11.8 Å². The van der Waals surface area contributed by atoms with Crippen LogP contribution in [0.5, 0.6) is 0 Å². The quantitative estimate of drug-likeness (QED) is 0.550. The van der Waals surface area contributed by atoms with E-state index in [-0.39, 0.29) is 18.5 Å². The summed E-state index contributed by atoms with van der Waals surface area (Å²) in [6.07, 6.45) is 4.97. The molecule has 0 saturated carbocycles. The fourth-order valence-corrected chi connectivity index (χ4v) is 2.99. The van der Waals surface area contributed by atoms with Crippen molar-refractivity contribution in [3.8, 4) is 0 Å². The summed E-state index contributed by atoms with van der Waals surface area (Å²) in [5.74, 6) is -0.452. The van der Waals surface area contributed by atoms with Crippen molar-refractivity contribution in [2.24, 2.45) is 5.41 Å². The highest BCUT2D eigenvalue weighted by Crippen LogP contribution is 2.33. The molecule has 0 bridgehead atoms. The van der Waals surface area contributed by atoms with E-state index in [2.05, 4.69) is 0 Å². The van der Waals surface area contributed by atoms with Crippen LogP contribution >= 0.6 is 0 Å². The van der Waals surface area contributed by atoms with Gasteiger partial charge in [0.2, 0.25) is 0 Å². The number of rotatable bonds is 6. The van der Waals surface area contributed by atoms with Gasteiger partial charge in [0.25, 0.3) is 0 Å². The predicted molar refractivity (Wildman–Crippen MR) is 72.3 cm³/mol. The first-order valence-electron chi connectivity index (χ1n) is 7.59. The molecule has 2 saturated heterocycles. The van der Waals surface area contributed by atoms with Crippen LogP contribution in [0.25, 0.3) is 0 Å². The highest BCUT2D eigenvalue weighted by Gasteiger charge is 2.48. The molecule has 2 aliphatic heterocycles. The number of carbonyl (C=O) groups is 2. The van der Waals surface area contributed by atoms with Crippen LogP contribution < -0.4 is 0 Å². The van der Waals surface area contributed by atoms with Crippen LogP contribution in [-0.2, 0) is 23.8 Å². The molecule has 0 spiro atoms. The number of Topliss-reactive ketones (excluding diaryl/α,β-unsaturated/α-hetero) is 1. The number of hydrogen-bond acceptors (Lipinski definition) is 5. The fraction of sp³-hybridized carbons (Fsp3) is 0.867. The van der Waals surface area contributed by atoms with Crippen LogP contribution in [-0.4, -0.2) is 44.3 Å². The van der Waals surface area contributed by atoms with Crippen molar-refractivity contribution < 1.29 is 23.8 Å². The molecule has 2 unspecified atom stereocenters. The van der Waals surface area contributed by atoms with Gasteiger partial charge in [-0.2, -0.15) is 0 Å². The van der Waals surface area contributed by atoms with Crippen LogP contribution in [0, 0.1) is 5.41 Å². The first kappa shape index (κ1) is 15.4. The molecule has 0 amide bonds. The summed E-state index contributed by atoms with van der Waals surface area (Å²) < 4.78 is 16.1. The van der Waals surface area contributed by atoms with E-state index >= 15 is 0 Å². The average Bonchev–Trinajstić information content (AvgIpc) is 2.94. The molecule has 0 N–H and O–H groups in total. The standard InChI is InChI=1S/C15H24O5/c1-2-19-14(17)15(11-18-10-7-13(15)16)8-3-5-12-6-4-9-20-12/h12H,2-11H2,1H3. The van der Waals surface area contributed by atoms with Crippen LogP contribution in [0.4, 0.5) is 0 Å². The van der Waals surface area contributed by atoms with E-state index in [1.54, 1.807) is 6.92 Å². The Morgan fingerprint density at radius 3 is 2.95 bits per heavy atom. The summed E-state index contributed by atoms with van der Waals surface area (Å²) in [6.45, 7) is 3.45. The Kier molecular flexibility index (Phi) is 5.54. The van der Waals surface area contributed by atoms with Gasteiger partial charge in [-0.05, 0) is 39.0 Å². The topological polar surface area (TPSA) is 61.8 Å². The lowest BCUT2D eigenvalue weighted by Crippen LogP contribution is -2.48. The second-order valence-electron chi connectivity index (χ2n) is 5.56. The molecule has 5 heteroatoms. The molecule has 20 heavy (non-hydrogen) atoms. The molecule has 0 aliphatic carbocycles. The summed E-state index contributed by atoms with van der Waals surface area (Å²) in [4.78, 5) is 24.5. The third-order valence-electron chi connectivity index (χ3n) is 4.18. The second kappa shape index (κ2) is 7.18. The normalized spacial score (nSPS) is 30.4. The molecule has 2 fully saturated rings. The minimum absolute atomic E-state index is 0.0328. The minimum atomic E-state index is -1.08. The predicted octanol–water partition coefficient (Wildman–Crippen LogP) is 1.87. The highest BCUT2D eigenvalue weighted by molar-refractivity contribution is 6.04. The van der Waals surface area contributed by atoms with Crippen LogP contribution in [0.3, 0.4) is 0 Å². The zero-order valence-electron chi connectivity index (χ0n) is 12.2. The number of carbonyl (C=O) groups excluding carboxylic acids is 2. The van der Waals surface area contributed by atoms with Crippen molar-refractivity contribution in [1.29, 1.82) is 0 Å². The molecule has 0 aromatic heterocycles. The number of esters is 1. The van der Waals surface area contributed by atoms with Gasteiger partial charge in [0.1, 0.15) is 5.41 Å². The van der Waals surface area contributed by atoms with Gasteiger partial charge in [-0.15, -0.1) is 0 Å². The Balaban J connectivity index is 1.94. The maximum absolute atomic E-state index is 12.2. The zero-order chi connectivity index (χ0) is 14.4.